The first kappa shape index (κ1) is 21.0. The van der Waals surface area contributed by atoms with Gasteiger partial charge in [-0.05, 0) is 48.5 Å². The molecule has 0 bridgehead atoms. The summed E-state index contributed by atoms with van der Waals surface area (Å²) in [7, 11) is 0. The van der Waals surface area contributed by atoms with Crippen LogP contribution < -0.4 is 20.1 Å². The molecular weight excluding hydrogens is 419 g/mol. The van der Waals surface area contributed by atoms with E-state index in [2.05, 4.69) is 20.6 Å². The van der Waals surface area contributed by atoms with Crippen molar-refractivity contribution in [3.8, 4) is 11.5 Å². The average molecular weight is 445 g/mol. The lowest BCUT2D eigenvalue weighted by Gasteiger charge is -2.12. The van der Waals surface area contributed by atoms with Gasteiger partial charge in [-0.3, -0.25) is 9.98 Å². The molecule has 0 aliphatic carbocycles. The lowest BCUT2D eigenvalue weighted by atomic mass is 10.1. The van der Waals surface area contributed by atoms with Gasteiger partial charge in [0.25, 0.3) is 0 Å². The van der Waals surface area contributed by atoms with Crippen LogP contribution in [0.1, 0.15) is 22.3 Å². The van der Waals surface area contributed by atoms with E-state index < -0.39 is 0 Å². The molecule has 2 N–H and O–H groups in total. The maximum absolute atomic E-state index is 15.0. The van der Waals surface area contributed by atoms with Gasteiger partial charge in [-0.1, -0.05) is 18.2 Å². The molecule has 168 valence electrons. The second kappa shape index (κ2) is 9.73. The highest BCUT2D eigenvalue weighted by Gasteiger charge is 2.12. The standard InChI is InChI=1S/C26H25FN4O2/c27-24-20(16-32-22-8-4-18(5-9-22)25-28-12-13-29-25)2-1-3-21(24)17-33-23-10-6-19(7-11-23)26-30-14-15-31-26/h1-11H,12-17H2,(H,28,29)(H,30,31). The molecule has 2 heterocycles. The van der Waals surface area contributed by atoms with Crippen LogP contribution in [0.25, 0.3) is 0 Å². The third-order valence-corrected chi connectivity index (χ3v) is 5.55. The highest BCUT2D eigenvalue weighted by molar-refractivity contribution is 6.00. The molecule has 0 spiro atoms. The maximum Gasteiger partial charge on any atom is 0.136 e. The average Bonchev–Trinajstić information content (AvgIpc) is 3.58. The number of nitrogens with one attached hydrogen (secondary N) is 2. The predicted molar refractivity (Wildman–Crippen MR) is 127 cm³/mol. The summed E-state index contributed by atoms with van der Waals surface area (Å²) in [5, 5.41) is 6.49. The van der Waals surface area contributed by atoms with E-state index in [4.69, 9.17) is 9.47 Å². The van der Waals surface area contributed by atoms with E-state index in [0.717, 1.165) is 49.0 Å². The smallest absolute Gasteiger partial charge is 0.136 e. The Morgan fingerprint density at radius 3 is 1.52 bits per heavy atom. The number of rotatable bonds is 8. The number of ether oxygens (including phenoxy) is 2. The summed E-state index contributed by atoms with van der Waals surface area (Å²) < 4.78 is 26.6. The number of benzene rings is 3. The van der Waals surface area contributed by atoms with Gasteiger partial charge in [0.05, 0.1) is 13.1 Å². The fraction of sp³-hybridized carbons (Fsp3) is 0.231. The van der Waals surface area contributed by atoms with Gasteiger partial charge in [0.2, 0.25) is 0 Å². The van der Waals surface area contributed by atoms with Gasteiger partial charge in [0.1, 0.15) is 42.2 Å². The molecule has 0 saturated carbocycles. The Morgan fingerprint density at radius 2 is 1.12 bits per heavy atom. The molecule has 0 atom stereocenters. The minimum Gasteiger partial charge on any atom is -0.489 e. The highest BCUT2D eigenvalue weighted by Crippen LogP contribution is 2.20. The lowest BCUT2D eigenvalue weighted by molar-refractivity contribution is 0.287. The number of nitrogens with zero attached hydrogens (tertiary/aromatic N) is 2. The Balaban J connectivity index is 1.18. The molecule has 0 amide bonds. The van der Waals surface area contributed by atoms with Crippen molar-refractivity contribution in [3.05, 3.63) is 94.8 Å². The van der Waals surface area contributed by atoms with Crippen molar-refractivity contribution in [2.45, 2.75) is 13.2 Å². The van der Waals surface area contributed by atoms with E-state index in [1.165, 1.54) is 0 Å². The van der Waals surface area contributed by atoms with Gasteiger partial charge < -0.3 is 20.1 Å². The van der Waals surface area contributed by atoms with E-state index in [0.29, 0.717) is 22.6 Å². The fourth-order valence-electron chi connectivity index (χ4n) is 3.78. The van der Waals surface area contributed by atoms with Gasteiger partial charge in [-0.15, -0.1) is 0 Å². The van der Waals surface area contributed by atoms with E-state index in [1.54, 1.807) is 12.1 Å². The minimum atomic E-state index is -0.306. The SMILES string of the molecule is Fc1c(COc2ccc(C3=NCCN3)cc2)cccc1COc1ccc(C2=NCCN2)cc1. The summed E-state index contributed by atoms with van der Waals surface area (Å²) >= 11 is 0. The first-order valence-electron chi connectivity index (χ1n) is 11.1. The number of hydrogen-bond acceptors (Lipinski definition) is 6. The molecule has 0 unspecified atom stereocenters. The van der Waals surface area contributed by atoms with Gasteiger partial charge in [-0.25, -0.2) is 4.39 Å². The number of amidine groups is 2. The molecule has 2 aliphatic heterocycles. The Morgan fingerprint density at radius 1 is 0.667 bits per heavy atom. The van der Waals surface area contributed by atoms with Crippen LogP contribution in [0, 0.1) is 5.82 Å². The molecule has 3 aromatic carbocycles. The third-order valence-electron chi connectivity index (χ3n) is 5.55. The molecule has 0 saturated heterocycles. The molecule has 2 aliphatic rings. The lowest BCUT2D eigenvalue weighted by Crippen LogP contribution is -2.19. The first-order valence-corrected chi connectivity index (χ1v) is 11.1. The van der Waals surface area contributed by atoms with Crippen LogP contribution in [0.3, 0.4) is 0 Å². The summed E-state index contributed by atoms with van der Waals surface area (Å²) in [6.45, 7) is 3.61. The van der Waals surface area contributed by atoms with Gasteiger partial charge in [-0.2, -0.15) is 0 Å². The topological polar surface area (TPSA) is 67.2 Å². The summed E-state index contributed by atoms with van der Waals surface area (Å²) in [5.74, 6) is 2.86. The molecule has 7 heteroatoms. The molecule has 33 heavy (non-hydrogen) atoms. The van der Waals surface area contributed by atoms with E-state index in [1.807, 2.05) is 54.6 Å². The van der Waals surface area contributed by atoms with Crippen molar-refractivity contribution in [2.75, 3.05) is 26.2 Å². The maximum atomic E-state index is 15.0. The number of hydrogen-bond donors (Lipinski definition) is 2. The van der Waals surface area contributed by atoms with Crippen molar-refractivity contribution in [1.82, 2.24) is 10.6 Å². The molecule has 0 fully saturated rings. The Bertz CT molecular complexity index is 1080. The van der Waals surface area contributed by atoms with Gasteiger partial charge >= 0.3 is 0 Å². The normalized spacial score (nSPS) is 14.8. The minimum absolute atomic E-state index is 0.141. The zero-order valence-electron chi connectivity index (χ0n) is 18.2. The quantitative estimate of drug-likeness (QED) is 0.556. The second-order valence-electron chi connectivity index (χ2n) is 7.83. The summed E-state index contributed by atoms with van der Waals surface area (Å²) in [5.41, 5.74) is 3.02. The van der Waals surface area contributed by atoms with Crippen LogP contribution in [0.15, 0.2) is 76.7 Å². The summed E-state index contributed by atoms with van der Waals surface area (Å²) in [4.78, 5) is 8.81. The second-order valence-corrected chi connectivity index (χ2v) is 7.83. The van der Waals surface area contributed by atoms with Crippen LogP contribution in [0.5, 0.6) is 11.5 Å². The van der Waals surface area contributed by atoms with Crippen LogP contribution in [-0.4, -0.2) is 37.9 Å². The fourth-order valence-corrected chi connectivity index (χ4v) is 3.78. The Labute approximate surface area is 192 Å². The molecule has 3 aromatic rings. The van der Waals surface area contributed by atoms with E-state index in [9.17, 15) is 0 Å². The van der Waals surface area contributed by atoms with E-state index in [-0.39, 0.29) is 19.0 Å². The Kier molecular flexibility index (Phi) is 6.19. The zero-order chi connectivity index (χ0) is 22.5. The number of aliphatic imine (C=N–C) groups is 2. The summed E-state index contributed by atoms with van der Waals surface area (Å²) in [6.07, 6.45) is 0. The van der Waals surface area contributed by atoms with Crippen LogP contribution in [-0.2, 0) is 13.2 Å². The Hall–Kier alpha value is -3.87. The van der Waals surface area contributed by atoms with Gasteiger partial charge in [0.15, 0.2) is 0 Å². The van der Waals surface area contributed by atoms with Gasteiger partial charge in [0, 0.05) is 35.3 Å². The predicted octanol–water partition coefficient (Wildman–Crippen LogP) is 3.68. The van der Waals surface area contributed by atoms with E-state index >= 15 is 4.39 Å². The number of halogens is 1. The first-order chi connectivity index (χ1) is 16.3. The third kappa shape index (κ3) is 4.98. The van der Waals surface area contributed by atoms with Crippen molar-refractivity contribution in [1.29, 1.82) is 0 Å². The molecule has 5 rings (SSSR count). The van der Waals surface area contributed by atoms with Crippen molar-refractivity contribution < 1.29 is 13.9 Å². The zero-order valence-corrected chi connectivity index (χ0v) is 18.2. The molecular formula is C26H25FN4O2. The van der Waals surface area contributed by atoms with Crippen LogP contribution in [0.4, 0.5) is 4.39 Å². The molecule has 0 aromatic heterocycles. The van der Waals surface area contributed by atoms with Crippen molar-refractivity contribution in [2.24, 2.45) is 9.98 Å². The van der Waals surface area contributed by atoms with Crippen molar-refractivity contribution in [3.63, 3.8) is 0 Å². The highest BCUT2D eigenvalue weighted by atomic mass is 19.1. The van der Waals surface area contributed by atoms with Crippen molar-refractivity contribution >= 4 is 11.7 Å². The van der Waals surface area contributed by atoms with Crippen LogP contribution >= 0.6 is 0 Å². The largest absolute Gasteiger partial charge is 0.489 e. The monoisotopic (exact) mass is 444 g/mol. The summed E-state index contributed by atoms with van der Waals surface area (Å²) in [6, 6.07) is 20.6. The van der Waals surface area contributed by atoms with Crippen LogP contribution in [0.2, 0.25) is 0 Å². The molecule has 0 radical (unpaired) electrons. The molecule has 6 nitrogen and oxygen atoms in total.